The highest BCUT2D eigenvalue weighted by Crippen LogP contribution is 2.56. The maximum atomic E-state index is 6.40. The molecule has 1 saturated heterocycles. The van der Waals surface area contributed by atoms with Crippen molar-refractivity contribution in [3.63, 3.8) is 0 Å². The lowest BCUT2D eigenvalue weighted by molar-refractivity contribution is 0.00578. The van der Waals surface area contributed by atoms with Crippen LogP contribution in [0.5, 0.6) is 0 Å². The lowest BCUT2D eigenvalue weighted by Crippen LogP contribution is -2.41. The minimum absolute atomic E-state index is 0.361. The molecule has 170 valence electrons. The number of allylic oxidation sites excluding steroid dienone is 2. The number of hydrogen-bond donors (Lipinski definition) is 1. The number of rotatable bonds is 3. The van der Waals surface area contributed by atoms with E-state index in [2.05, 4.69) is 124 Å². The average molecular weight is 447 g/mol. The predicted octanol–water partition coefficient (Wildman–Crippen LogP) is 5.34. The largest absolute Gasteiger partial charge is 0.494 e. The lowest BCUT2D eigenvalue weighted by Gasteiger charge is -2.35. The third kappa shape index (κ3) is 2.92. The Morgan fingerprint density at radius 2 is 1.44 bits per heavy atom. The van der Waals surface area contributed by atoms with Crippen molar-refractivity contribution < 1.29 is 9.31 Å². The minimum atomic E-state index is -0.382. The molecule has 1 N–H and O–H groups in total. The van der Waals surface area contributed by atoms with Gasteiger partial charge in [0.05, 0.1) is 16.6 Å². The normalized spacial score (nSPS) is 23.8. The van der Waals surface area contributed by atoms with Gasteiger partial charge in [0.25, 0.3) is 0 Å². The van der Waals surface area contributed by atoms with E-state index in [9.17, 15) is 0 Å². The molecule has 6 rings (SSSR count). The molecule has 1 atom stereocenters. The van der Waals surface area contributed by atoms with Crippen LogP contribution < -0.4 is 10.8 Å². The molecule has 0 bridgehead atoms. The van der Waals surface area contributed by atoms with Gasteiger partial charge in [-0.05, 0) is 78.8 Å². The highest BCUT2D eigenvalue weighted by Gasteiger charge is 2.53. The first-order valence-electron chi connectivity index (χ1n) is 12.1. The van der Waals surface area contributed by atoms with Crippen molar-refractivity contribution in [3.05, 3.63) is 113 Å². The van der Waals surface area contributed by atoms with Crippen LogP contribution in [0.4, 0.5) is 0 Å². The molecule has 0 spiro atoms. The van der Waals surface area contributed by atoms with Crippen molar-refractivity contribution in [2.24, 2.45) is 0 Å². The molecule has 0 amide bonds. The molecule has 1 fully saturated rings. The van der Waals surface area contributed by atoms with Crippen LogP contribution in [0.15, 0.2) is 96.7 Å². The molecule has 3 aliphatic rings. The summed E-state index contributed by atoms with van der Waals surface area (Å²) in [5, 5.41) is 3.33. The van der Waals surface area contributed by atoms with E-state index in [0.717, 1.165) is 12.0 Å². The first-order chi connectivity index (χ1) is 16.3. The summed E-state index contributed by atoms with van der Waals surface area (Å²) in [5.74, 6) is 0. The monoisotopic (exact) mass is 447 g/mol. The molecule has 3 nitrogen and oxygen atoms in total. The molecule has 34 heavy (non-hydrogen) atoms. The molecule has 4 heteroatoms. The molecule has 1 unspecified atom stereocenters. The second-order valence-electron chi connectivity index (χ2n) is 10.5. The van der Waals surface area contributed by atoms with Gasteiger partial charge in [-0.3, -0.25) is 0 Å². The second-order valence-corrected chi connectivity index (χ2v) is 10.5. The van der Waals surface area contributed by atoms with Crippen molar-refractivity contribution in [1.82, 2.24) is 5.32 Å². The second kappa shape index (κ2) is 7.46. The Balaban J connectivity index is 1.59. The average Bonchev–Trinajstić information content (AvgIpc) is 3.27. The molecular formula is C30H30BNO2. The van der Waals surface area contributed by atoms with Gasteiger partial charge in [0.15, 0.2) is 0 Å². The van der Waals surface area contributed by atoms with E-state index in [4.69, 9.17) is 9.31 Å². The quantitative estimate of drug-likeness (QED) is 0.550. The third-order valence-corrected chi connectivity index (χ3v) is 8.05. The van der Waals surface area contributed by atoms with E-state index in [-0.39, 0.29) is 23.7 Å². The van der Waals surface area contributed by atoms with E-state index < -0.39 is 0 Å². The van der Waals surface area contributed by atoms with E-state index in [1.165, 1.54) is 33.4 Å². The van der Waals surface area contributed by atoms with Gasteiger partial charge in [0.1, 0.15) is 0 Å². The summed E-state index contributed by atoms with van der Waals surface area (Å²) in [6, 6.07) is 26.5. The number of fused-ring (bicyclic) bond motifs is 3. The minimum Gasteiger partial charge on any atom is -0.399 e. The van der Waals surface area contributed by atoms with Gasteiger partial charge < -0.3 is 14.6 Å². The fourth-order valence-electron chi connectivity index (χ4n) is 5.64. The smallest absolute Gasteiger partial charge is 0.399 e. The molecular weight excluding hydrogens is 417 g/mol. The fourth-order valence-corrected chi connectivity index (χ4v) is 5.64. The summed E-state index contributed by atoms with van der Waals surface area (Å²) < 4.78 is 12.8. The standard InChI is InChI=1S/C30H30BNO2/c1-28(2)29(3,4)34-31(33-28)23-14-15-27-25(20-23)24-12-8-9-13-26(24)30(27,21-10-6-5-7-11-21)22-16-18-32-19-17-22/h5-18,20,32H,19H2,1-4H3. The Hall–Kier alpha value is -3.08. The van der Waals surface area contributed by atoms with Gasteiger partial charge in [-0.1, -0.05) is 78.9 Å². The molecule has 0 radical (unpaired) electrons. The van der Waals surface area contributed by atoms with Crippen LogP contribution >= 0.6 is 0 Å². The number of nitrogens with one attached hydrogen (secondary N) is 1. The topological polar surface area (TPSA) is 30.5 Å². The number of benzene rings is 3. The predicted molar refractivity (Wildman–Crippen MR) is 139 cm³/mol. The van der Waals surface area contributed by atoms with E-state index >= 15 is 0 Å². The molecule has 3 aromatic rings. The van der Waals surface area contributed by atoms with Crippen LogP contribution in [0.1, 0.15) is 44.4 Å². The highest BCUT2D eigenvalue weighted by molar-refractivity contribution is 6.62. The van der Waals surface area contributed by atoms with Crippen LogP contribution in [0.2, 0.25) is 0 Å². The molecule has 0 aromatic heterocycles. The van der Waals surface area contributed by atoms with Crippen LogP contribution in [0, 0.1) is 0 Å². The Morgan fingerprint density at radius 1 is 0.765 bits per heavy atom. The summed E-state index contributed by atoms with van der Waals surface area (Å²) in [7, 11) is -0.382. The molecule has 0 saturated carbocycles. The molecule has 2 aliphatic heterocycles. The van der Waals surface area contributed by atoms with Crippen LogP contribution in [0.25, 0.3) is 11.1 Å². The number of dihydropyridines is 1. The Kier molecular flexibility index (Phi) is 4.71. The van der Waals surface area contributed by atoms with E-state index in [0.29, 0.717) is 0 Å². The van der Waals surface area contributed by atoms with Crippen LogP contribution in [0.3, 0.4) is 0 Å². The summed E-state index contributed by atoms with van der Waals surface area (Å²) in [6.07, 6.45) is 6.62. The summed E-state index contributed by atoms with van der Waals surface area (Å²) in [6.45, 7) is 9.24. The van der Waals surface area contributed by atoms with Crippen molar-refractivity contribution in [1.29, 1.82) is 0 Å². The van der Waals surface area contributed by atoms with E-state index in [1.807, 2.05) is 0 Å². The zero-order chi connectivity index (χ0) is 23.6. The van der Waals surface area contributed by atoms with Gasteiger partial charge in [0, 0.05) is 6.54 Å². The first kappa shape index (κ1) is 21.5. The van der Waals surface area contributed by atoms with Gasteiger partial charge >= 0.3 is 7.12 Å². The maximum absolute atomic E-state index is 6.40. The summed E-state index contributed by atoms with van der Waals surface area (Å²) in [5.41, 5.74) is 7.69. The van der Waals surface area contributed by atoms with Crippen molar-refractivity contribution in [2.75, 3.05) is 6.54 Å². The van der Waals surface area contributed by atoms with Crippen LogP contribution in [-0.2, 0) is 14.7 Å². The van der Waals surface area contributed by atoms with Crippen molar-refractivity contribution in [3.8, 4) is 11.1 Å². The van der Waals surface area contributed by atoms with Crippen molar-refractivity contribution in [2.45, 2.75) is 44.3 Å². The van der Waals surface area contributed by atoms with E-state index in [1.54, 1.807) is 0 Å². The van der Waals surface area contributed by atoms with Gasteiger partial charge in [0.2, 0.25) is 0 Å². The Labute approximate surface area is 202 Å². The van der Waals surface area contributed by atoms with Gasteiger partial charge in [-0.25, -0.2) is 0 Å². The van der Waals surface area contributed by atoms with Crippen LogP contribution in [-0.4, -0.2) is 24.9 Å². The molecule has 2 heterocycles. The van der Waals surface area contributed by atoms with Crippen molar-refractivity contribution >= 4 is 12.6 Å². The molecule has 3 aromatic carbocycles. The Bertz CT molecular complexity index is 1310. The zero-order valence-electron chi connectivity index (χ0n) is 20.3. The SMILES string of the molecule is CC1(C)OB(c2ccc3c(c2)-c2ccccc2C3(C2=CCNC=C2)c2ccccc2)OC1(C)C. The Morgan fingerprint density at radius 3 is 2.15 bits per heavy atom. The molecule has 1 aliphatic carbocycles. The number of hydrogen-bond acceptors (Lipinski definition) is 3. The maximum Gasteiger partial charge on any atom is 0.494 e. The summed E-state index contributed by atoms with van der Waals surface area (Å²) in [4.78, 5) is 0. The summed E-state index contributed by atoms with van der Waals surface area (Å²) >= 11 is 0. The van der Waals surface area contributed by atoms with Gasteiger partial charge in [-0.15, -0.1) is 0 Å². The first-order valence-corrected chi connectivity index (χ1v) is 12.1. The fraction of sp³-hybridized carbons (Fsp3) is 0.267. The van der Waals surface area contributed by atoms with Gasteiger partial charge in [-0.2, -0.15) is 0 Å². The third-order valence-electron chi connectivity index (χ3n) is 8.05. The lowest BCUT2D eigenvalue weighted by atomic mass is 9.66. The highest BCUT2D eigenvalue weighted by atomic mass is 16.7. The zero-order valence-corrected chi connectivity index (χ0v) is 20.3.